The van der Waals surface area contributed by atoms with Gasteiger partial charge in [-0.15, -0.1) is 0 Å². The maximum atomic E-state index is 12.3. The van der Waals surface area contributed by atoms with E-state index in [1.807, 2.05) is 42.6 Å². The molecule has 17 heavy (non-hydrogen) atoms. The van der Waals surface area contributed by atoms with Crippen LogP contribution in [0.3, 0.4) is 0 Å². The quantitative estimate of drug-likeness (QED) is 0.835. The minimum Gasteiger partial charge on any atom is -0.344 e. The van der Waals surface area contributed by atoms with Gasteiger partial charge in [0.05, 0.1) is 0 Å². The third kappa shape index (κ3) is 2.36. The first-order valence-electron chi connectivity index (χ1n) is 6.22. The Kier molecular flexibility index (Phi) is 3.52. The van der Waals surface area contributed by atoms with Crippen LogP contribution in [0, 0.1) is 6.92 Å². The van der Waals surface area contributed by atoms with Gasteiger partial charge in [0.1, 0.15) is 5.69 Å². The summed E-state index contributed by atoms with van der Waals surface area (Å²) < 4.78 is 1.96. The fourth-order valence-electron chi connectivity index (χ4n) is 2.36. The van der Waals surface area contributed by atoms with E-state index in [0.29, 0.717) is 6.04 Å². The van der Waals surface area contributed by atoms with E-state index in [1.165, 1.54) is 0 Å². The van der Waals surface area contributed by atoms with Crippen LogP contribution in [-0.4, -0.2) is 41.6 Å². The molecule has 0 radical (unpaired) electrons. The highest BCUT2D eigenvalue weighted by Gasteiger charge is 2.24. The molecule has 2 heterocycles. The molecular weight excluding hydrogens is 214 g/mol. The van der Waals surface area contributed by atoms with Crippen molar-refractivity contribution in [3.05, 3.63) is 23.5 Å². The lowest BCUT2D eigenvalue weighted by molar-refractivity contribution is 0.0697. The molecule has 1 amide bonds. The van der Waals surface area contributed by atoms with Crippen LogP contribution in [0.4, 0.5) is 0 Å². The van der Waals surface area contributed by atoms with Crippen LogP contribution >= 0.6 is 0 Å². The number of hydrogen-bond acceptors (Lipinski definition) is 2. The molecule has 0 aromatic carbocycles. The van der Waals surface area contributed by atoms with Crippen molar-refractivity contribution in [3.63, 3.8) is 0 Å². The molecule has 1 fully saturated rings. The van der Waals surface area contributed by atoms with E-state index in [-0.39, 0.29) is 5.91 Å². The van der Waals surface area contributed by atoms with Gasteiger partial charge in [0, 0.05) is 31.9 Å². The summed E-state index contributed by atoms with van der Waals surface area (Å²) in [5.41, 5.74) is 1.92. The summed E-state index contributed by atoms with van der Waals surface area (Å²) >= 11 is 0. The molecule has 0 unspecified atom stereocenters. The van der Waals surface area contributed by atoms with Crippen LogP contribution in [0.5, 0.6) is 0 Å². The maximum Gasteiger partial charge on any atom is 0.270 e. The molecule has 1 aromatic rings. The Morgan fingerprint density at radius 1 is 1.35 bits per heavy atom. The standard InChI is InChI=1S/C13H21N3O/c1-10-4-5-12(15(10)3)13(17)16-8-6-11(14-2)7-9-16/h4-5,11,14H,6-9H2,1-3H3. The van der Waals surface area contributed by atoms with E-state index in [2.05, 4.69) is 5.32 Å². The molecule has 1 aliphatic heterocycles. The number of nitrogens with zero attached hydrogens (tertiary/aromatic N) is 2. The van der Waals surface area contributed by atoms with Crippen LogP contribution in [0.2, 0.25) is 0 Å². The molecule has 1 aromatic heterocycles. The van der Waals surface area contributed by atoms with Gasteiger partial charge in [0.25, 0.3) is 5.91 Å². The summed E-state index contributed by atoms with van der Waals surface area (Å²) in [7, 11) is 3.94. The second-order valence-electron chi connectivity index (χ2n) is 4.77. The third-order valence-electron chi connectivity index (χ3n) is 3.78. The first-order chi connectivity index (χ1) is 8.13. The number of aromatic nitrogens is 1. The molecule has 4 nitrogen and oxygen atoms in total. The van der Waals surface area contributed by atoms with E-state index in [4.69, 9.17) is 0 Å². The highest BCUT2D eigenvalue weighted by atomic mass is 16.2. The summed E-state index contributed by atoms with van der Waals surface area (Å²) in [6, 6.07) is 4.48. The molecule has 0 aliphatic carbocycles. The van der Waals surface area contributed by atoms with E-state index in [0.717, 1.165) is 37.3 Å². The Hall–Kier alpha value is -1.29. The molecular formula is C13H21N3O. The fourth-order valence-corrected chi connectivity index (χ4v) is 2.36. The monoisotopic (exact) mass is 235 g/mol. The van der Waals surface area contributed by atoms with Crippen molar-refractivity contribution in [2.45, 2.75) is 25.8 Å². The lowest BCUT2D eigenvalue weighted by Gasteiger charge is -2.31. The van der Waals surface area contributed by atoms with Gasteiger partial charge in [0.15, 0.2) is 0 Å². The molecule has 1 aliphatic rings. The van der Waals surface area contributed by atoms with Crippen LogP contribution in [0.1, 0.15) is 29.0 Å². The Balaban J connectivity index is 2.04. The summed E-state index contributed by atoms with van der Waals surface area (Å²) in [6.07, 6.45) is 2.09. The molecule has 0 bridgehead atoms. The zero-order valence-electron chi connectivity index (χ0n) is 10.9. The topological polar surface area (TPSA) is 37.3 Å². The highest BCUT2D eigenvalue weighted by Crippen LogP contribution is 2.15. The normalized spacial score (nSPS) is 17.5. The fraction of sp³-hybridized carbons (Fsp3) is 0.615. The van der Waals surface area contributed by atoms with Gasteiger partial charge in [-0.1, -0.05) is 0 Å². The number of carbonyl (C=O) groups is 1. The molecule has 94 valence electrons. The van der Waals surface area contributed by atoms with E-state index >= 15 is 0 Å². The largest absolute Gasteiger partial charge is 0.344 e. The number of amides is 1. The molecule has 2 rings (SSSR count). The van der Waals surface area contributed by atoms with E-state index in [1.54, 1.807) is 0 Å². The number of likely N-dealkylation sites (tertiary alicyclic amines) is 1. The second-order valence-corrected chi connectivity index (χ2v) is 4.77. The number of aryl methyl sites for hydroxylation is 1. The second kappa shape index (κ2) is 4.92. The predicted octanol–water partition coefficient (Wildman–Crippen LogP) is 1.16. The lowest BCUT2D eigenvalue weighted by atomic mass is 10.1. The van der Waals surface area contributed by atoms with Gasteiger partial charge in [-0.05, 0) is 38.9 Å². The van der Waals surface area contributed by atoms with Crippen LogP contribution in [-0.2, 0) is 7.05 Å². The lowest BCUT2D eigenvalue weighted by Crippen LogP contribution is -2.44. The first kappa shape index (κ1) is 12.2. The number of rotatable bonds is 2. The van der Waals surface area contributed by atoms with Crippen molar-refractivity contribution < 1.29 is 4.79 Å². The molecule has 0 atom stereocenters. The number of nitrogens with one attached hydrogen (secondary N) is 1. The maximum absolute atomic E-state index is 12.3. The number of carbonyl (C=O) groups excluding carboxylic acids is 1. The third-order valence-corrected chi connectivity index (χ3v) is 3.78. The summed E-state index contributed by atoms with van der Waals surface area (Å²) in [4.78, 5) is 14.3. The number of piperidine rings is 1. The van der Waals surface area contributed by atoms with Crippen LogP contribution in [0.15, 0.2) is 12.1 Å². The Morgan fingerprint density at radius 2 is 2.00 bits per heavy atom. The van der Waals surface area contributed by atoms with Gasteiger partial charge >= 0.3 is 0 Å². The van der Waals surface area contributed by atoms with Gasteiger partial charge in [0.2, 0.25) is 0 Å². The van der Waals surface area contributed by atoms with Gasteiger partial charge in [-0.2, -0.15) is 0 Å². The van der Waals surface area contributed by atoms with Crippen molar-refractivity contribution in [1.82, 2.24) is 14.8 Å². The molecule has 0 spiro atoms. The zero-order valence-corrected chi connectivity index (χ0v) is 10.9. The van der Waals surface area contributed by atoms with Crippen molar-refractivity contribution in [2.75, 3.05) is 20.1 Å². The minimum absolute atomic E-state index is 0.162. The van der Waals surface area contributed by atoms with Crippen LogP contribution < -0.4 is 5.32 Å². The first-order valence-corrected chi connectivity index (χ1v) is 6.22. The Labute approximate surface area is 103 Å². The van der Waals surface area contributed by atoms with E-state index < -0.39 is 0 Å². The zero-order chi connectivity index (χ0) is 12.4. The number of hydrogen-bond donors (Lipinski definition) is 1. The average molecular weight is 235 g/mol. The Morgan fingerprint density at radius 3 is 2.47 bits per heavy atom. The SMILES string of the molecule is CNC1CCN(C(=O)c2ccc(C)n2C)CC1. The smallest absolute Gasteiger partial charge is 0.270 e. The van der Waals surface area contributed by atoms with Crippen LogP contribution in [0.25, 0.3) is 0 Å². The minimum atomic E-state index is 0.162. The summed E-state index contributed by atoms with van der Waals surface area (Å²) in [5.74, 6) is 0.162. The molecule has 0 saturated carbocycles. The van der Waals surface area contributed by atoms with Crippen molar-refractivity contribution in [3.8, 4) is 0 Å². The predicted molar refractivity (Wildman–Crippen MR) is 68.1 cm³/mol. The average Bonchev–Trinajstić information content (AvgIpc) is 2.69. The molecule has 4 heteroatoms. The van der Waals surface area contributed by atoms with Gasteiger partial charge in [-0.3, -0.25) is 4.79 Å². The highest BCUT2D eigenvalue weighted by molar-refractivity contribution is 5.93. The summed E-state index contributed by atoms with van der Waals surface area (Å²) in [5, 5.41) is 3.28. The molecule has 1 N–H and O–H groups in total. The van der Waals surface area contributed by atoms with Gasteiger partial charge in [-0.25, -0.2) is 0 Å². The summed E-state index contributed by atoms with van der Waals surface area (Å²) in [6.45, 7) is 3.73. The van der Waals surface area contributed by atoms with Gasteiger partial charge < -0.3 is 14.8 Å². The van der Waals surface area contributed by atoms with Crippen molar-refractivity contribution >= 4 is 5.91 Å². The van der Waals surface area contributed by atoms with Crippen molar-refractivity contribution in [1.29, 1.82) is 0 Å². The molecule has 1 saturated heterocycles. The van der Waals surface area contributed by atoms with E-state index in [9.17, 15) is 4.79 Å². The van der Waals surface area contributed by atoms with Crippen molar-refractivity contribution in [2.24, 2.45) is 7.05 Å². The Bertz CT molecular complexity index is 403.